The summed E-state index contributed by atoms with van der Waals surface area (Å²) in [6.07, 6.45) is 0.140. The summed E-state index contributed by atoms with van der Waals surface area (Å²) in [5.74, 6) is -0.949. The first kappa shape index (κ1) is 16.2. The number of amides is 2. The maximum Gasteiger partial charge on any atom is 0.319 e. The summed E-state index contributed by atoms with van der Waals surface area (Å²) < 4.78 is 4.89. The molecule has 0 unspecified atom stereocenters. The number of nitriles is 1. The molecule has 0 heterocycles. The van der Waals surface area contributed by atoms with Crippen LogP contribution >= 0.6 is 0 Å². The van der Waals surface area contributed by atoms with Crippen molar-refractivity contribution in [2.75, 3.05) is 40.4 Å². The fourth-order valence-electron chi connectivity index (χ4n) is 1.29. The van der Waals surface area contributed by atoms with Gasteiger partial charge in [-0.2, -0.15) is 5.26 Å². The molecule has 0 aromatic carbocycles. The number of rotatable bonds is 8. The van der Waals surface area contributed by atoms with Crippen molar-refractivity contribution in [3.8, 4) is 6.07 Å². The number of aliphatic carboxylic acids is 1. The van der Waals surface area contributed by atoms with Gasteiger partial charge in [0.15, 0.2) is 0 Å². The molecule has 0 aromatic heterocycles. The molecule has 7 heteroatoms. The Morgan fingerprint density at radius 2 is 2.00 bits per heavy atom. The number of ether oxygens (including phenoxy) is 1. The van der Waals surface area contributed by atoms with Crippen LogP contribution in [0.5, 0.6) is 0 Å². The van der Waals surface area contributed by atoms with E-state index in [-0.39, 0.29) is 25.4 Å². The Labute approximate surface area is 107 Å². The molecule has 7 nitrogen and oxygen atoms in total. The summed E-state index contributed by atoms with van der Waals surface area (Å²) in [5.41, 5.74) is 0. The van der Waals surface area contributed by atoms with E-state index in [2.05, 4.69) is 0 Å². The monoisotopic (exact) mass is 257 g/mol. The Balaban J connectivity index is 4.33. The van der Waals surface area contributed by atoms with Crippen molar-refractivity contribution in [3.05, 3.63) is 0 Å². The maximum atomic E-state index is 12.0. The van der Waals surface area contributed by atoms with Gasteiger partial charge in [-0.05, 0) is 0 Å². The number of carbonyl (C=O) groups excluding carboxylic acids is 1. The van der Waals surface area contributed by atoms with Gasteiger partial charge in [-0.15, -0.1) is 0 Å². The molecule has 0 aliphatic rings. The van der Waals surface area contributed by atoms with Gasteiger partial charge in [0.2, 0.25) is 0 Å². The van der Waals surface area contributed by atoms with Crippen LogP contribution in [-0.2, 0) is 9.53 Å². The van der Waals surface area contributed by atoms with Crippen LogP contribution in [-0.4, -0.2) is 67.3 Å². The lowest BCUT2D eigenvalue weighted by Crippen LogP contribution is -2.43. The van der Waals surface area contributed by atoms with Gasteiger partial charge in [-0.3, -0.25) is 4.79 Å². The van der Waals surface area contributed by atoms with E-state index in [1.807, 2.05) is 6.07 Å². The Hall–Kier alpha value is -1.81. The van der Waals surface area contributed by atoms with Crippen LogP contribution in [0.4, 0.5) is 4.79 Å². The van der Waals surface area contributed by atoms with Gasteiger partial charge < -0.3 is 19.6 Å². The van der Waals surface area contributed by atoms with Crippen LogP contribution < -0.4 is 0 Å². The van der Waals surface area contributed by atoms with Crippen LogP contribution in [0.3, 0.4) is 0 Å². The van der Waals surface area contributed by atoms with Gasteiger partial charge >= 0.3 is 12.0 Å². The number of carboxylic acid groups (broad SMARTS) is 1. The van der Waals surface area contributed by atoms with Crippen molar-refractivity contribution in [1.82, 2.24) is 9.80 Å². The average Bonchev–Trinajstić information content (AvgIpc) is 2.35. The van der Waals surface area contributed by atoms with Crippen LogP contribution in [0, 0.1) is 11.3 Å². The highest BCUT2D eigenvalue weighted by Crippen LogP contribution is 2.00. The second-order valence-corrected chi connectivity index (χ2v) is 3.74. The van der Waals surface area contributed by atoms with E-state index in [0.717, 1.165) is 0 Å². The van der Waals surface area contributed by atoms with Gasteiger partial charge in [0.25, 0.3) is 0 Å². The summed E-state index contributed by atoms with van der Waals surface area (Å²) in [6, 6.07) is 1.68. The SMILES string of the molecule is COCCN(CCC#N)C(=O)N(C)CCC(=O)O. The van der Waals surface area contributed by atoms with E-state index < -0.39 is 5.97 Å². The number of urea groups is 1. The summed E-state index contributed by atoms with van der Waals surface area (Å²) >= 11 is 0. The second kappa shape index (κ2) is 9.24. The van der Waals surface area contributed by atoms with E-state index >= 15 is 0 Å². The molecule has 0 rings (SSSR count). The largest absolute Gasteiger partial charge is 0.481 e. The average molecular weight is 257 g/mol. The smallest absolute Gasteiger partial charge is 0.319 e. The third kappa shape index (κ3) is 6.70. The quantitative estimate of drug-likeness (QED) is 0.678. The Bertz CT molecular complexity index is 314. The number of hydrogen-bond acceptors (Lipinski definition) is 4. The molecule has 0 aromatic rings. The van der Waals surface area contributed by atoms with Gasteiger partial charge in [0, 0.05) is 33.8 Å². The summed E-state index contributed by atoms with van der Waals surface area (Å²) in [6.45, 7) is 1.22. The minimum atomic E-state index is -0.949. The fraction of sp³-hybridized carbons (Fsp3) is 0.727. The first-order valence-corrected chi connectivity index (χ1v) is 5.60. The molecule has 1 N–H and O–H groups in total. The van der Waals surface area contributed by atoms with Crippen molar-refractivity contribution < 1.29 is 19.4 Å². The van der Waals surface area contributed by atoms with E-state index in [1.54, 1.807) is 0 Å². The minimum Gasteiger partial charge on any atom is -0.481 e. The van der Waals surface area contributed by atoms with Crippen LogP contribution in [0.25, 0.3) is 0 Å². The number of carbonyl (C=O) groups is 2. The molecule has 2 amide bonds. The highest BCUT2D eigenvalue weighted by molar-refractivity contribution is 5.75. The number of methoxy groups -OCH3 is 1. The van der Waals surface area contributed by atoms with Crippen LogP contribution in [0.2, 0.25) is 0 Å². The molecular formula is C11H19N3O4. The molecule has 18 heavy (non-hydrogen) atoms. The van der Waals surface area contributed by atoms with Gasteiger partial charge in [-0.25, -0.2) is 4.79 Å². The van der Waals surface area contributed by atoms with Crippen molar-refractivity contribution in [3.63, 3.8) is 0 Å². The van der Waals surface area contributed by atoms with E-state index in [4.69, 9.17) is 15.1 Å². The summed E-state index contributed by atoms with van der Waals surface area (Å²) in [4.78, 5) is 25.2. The first-order valence-electron chi connectivity index (χ1n) is 5.60. The lowest BCUT2D eigenvalue weighted by Gasteiger charge is -2.27. The fourth-order valence-corrected chi connectivity index (χ4v) is 1.29. The summed E-state index contributed by atoms with van der Waals surface area (Å²) in [7, 11) is 3.07. The zero-order valence-corrected chi connectivity index (χ0v) is 10.8. The molecule has 0 saturated heterocycles. The van der Waals surface area contributed by atoms with E-state index in [1.165, 1.54) is 24.0 Å². The lowest BCUT2D eigenvalue weighted by molar-refractivity contribution is -0.137. The molecule has 0 spiro atoms. The molecule has 0 aliphatic heterocycles. The molecule has 102 valence electrons. The molecule has 0 aliphatic carbocycles. The van der Waals surface area contributed by atoms with Crippen LogP contribution in [0.1, 0.15) is 12.8 Å². The van der Waals surface area contributed by atoms with Gasteiger partial charge in [0.05, 0.1) is 25.5 Å². The molecule has 0 fully saturated rings. The second-order valence-electron chi connectivity index (χ2n) is 3.74. The van der Waals surface area contributed by atoms with Gasteiger partial charge in [0.1, 0.15) is 0 Å². The van der Waals surface area contributed by atoms with Gasteiger partial charge in [-0.1, -0.05) is 0 Å². The van der Waals surface area contributed by atoms with Crippen molar-refractivity contribution in [2.24, 2.45) is 0 Å². The minimum absolute atomic E-state index is 0.0986. The molecular weight excluding hydrogens is 238 g/mol. The van der Waals surface area contributed by atoms with Crippen molar-refractivity contribution in [2.45, 2.75) is 12.8 Å². The Kier molecular flexibility index (Phi) is 8.31. The summed E-state index contributed by atoms with van der Waals surface area (Å²) in [5, 5.41) is 17.1. The zero-order valence-electron chi connectivity index (χ0n) is 10.8. The highest BCUT2D eigenvalue weighted by Gasteiger charge is 2.17. The molecule has 0 radical (unpaired) electrons. The normalized spacial score (nSPS) is 9.61. The molecule has 0 atom stereocenters. The van der Waals surface area contributed by atoms with E-state index in [9.17, 15) is 9.59 Å². The van der Waals surface area contributed by atoms with Crippen molar-refractivity contribution >= 4 is 12.0 Å². The van der Waals surface area contributed by atoms with Crippen molar-refractivity contribution in [1.29, 1.82) is 5.26 Å². The van der Waals surface area contributed by atoms with Crippen LogP contribution in [0.15, 0.2) is 0 Å². The Morgan fingerprint density at radius 3 is 2.50 bits per heavy atom. The predicted octanol–water partition coefficient (Wildman–Crippen LogP) is 0.375. The first-order chi connectivity index (χ1) is 8.52. The predicted molar refractivity (Wildman–Crippen MR) is 64.0 cm³/mol. The lowest BCUT2D eigenvalue weighted by atomic mass is 10.4. The molecule has 0 bridgehead atoms. The number of carboxylic acids is 1. The number of nitrogens with zero attached hydrogens (tertiary/aromatic N) is 3. The molecule has 0 saturated carbocycles. The Morgan fingerprint density at radius 1 is 1.33 bits per heavy atom. The standard InChI is InChI=1S/C11H19N3O4/c1-13(7-4-10(15)16)11(17)14(6-3-5-12)8-9-18-2/h3-4,6-9H2,1-2H3,(H,15,16). The third-order valence-electron chi connectivity index (χ3n) is 2.32. The zero-order chi connectivity index (χ0) is 14.0. The highest BCUT2D eigenvalue weighted by atomic mass is 16.5. The number of hydrogen-bond donors (Lipinski definition) is 1. The topological polar surface area (TPSA) is 93.9 Å². The van der Waals surface area contributed by atoms with E-state index in [0.29, 0.717) is 19.7 Å². The maximum absolute atomic E-state index is 12.0. The third-order valence-corrected chi connectivity index (χ3v) is 2.32.